The van der Waals surface area contributed by atoms with Gasteiger partial charge in [0.2, 0.25) is 5.91 Å². The molecule has 1 unspecified atom stereocenters. The molecule has 3 N–H and O–H groups in total. The van der Waals surface area contributed by atoms with E-state index < -0.39 is 17.9 Å². The zero-order valence-corrected chi connectivity index (χ0v) is 16.6. The van der Waals surface area contributed by atoms with Crippen LogP contribution in [0.3, 0.4) is 0 Å². The highest BCUT2D eigenvalue weighted by Gasteiger charge is 2.22. The topological polar surface area (TPSA) is 95.1 Å². The summed E-state index contributed by atoms with van der Waals surface area (Å²) in [5.41, 5.74) is 3.04. The summed E-state index contributed by atoms with van der Waals surface area (Å²) in [6.45, 7) is 0. The van der Waals surface area contributed by atoms with E-state index in [4.69, 9.17) is 0 Å². The van der Waals surface area contributed by atoms with Crippen LogP contribution in [-0.4, -0.2) is 33.0 Å². The molecule has 0 bridgehead atoms. The highest BCUT2D eigenvalue weighted by Crippen LogP contribution is 2.24. The number of aromatic nitrogens is 2. The van der Waals surface area contributed by atoms with Crippen molar-refractivity contribution in [3.05, 3.63) is 77.2 Å². The molecule has 0 spiro atoms. The molecule has 1 amide bonds. The van der Waals surface area contributed by atoms with Crippen molar-refractivity contribution in [1.29, 1.82) is 0 Å². The highest BCUT2D eigenvalue weighted by atomic mass is 32.1. The summed E-state index contributed by atoms with van der Waals surface area (Å²) < 4.78 is 13.1. The van der Waals surface area contributed by atoms with Gasteiger partial charge in [-0.1, -0.05) is 18.2 Å². The summed E-state index contributed by atoms with van der Waals surface area (Å²) in [5.74, 6) is -1.85. The van der Waals surface area contributed by atoms with E-state index in [-0.39, 0.29) is 18.7 Å². The number of halogens is 1. The Labute approximate surface area is 175 Å². The zero-order valence-electron chi connectivity index (χ0n) is 15.8. The molecule has 0 saturated carbocycles. The third-order valence-corrected chi connectivity index (χ3v) is 5.66. The number of fused-ring (bicyclic) bond motifs is 1. The standard InChI is InChI=1S/C22H18FN3O3S/c23-15-7-5-13(6-8-15)21-25-16(12-30-21)10-20(27)26-19(22(28)29)9-14-11-24-18-4-2-1-3-17(14)18/h1-8,11-12,19,24H,9-10H2,(H,26,27)(H,28,29). The number of nitrogens with zero attached hydrogens (tertiary/aromatic N) is 1. The van der Waals surface area contributed by atoms with Crippen LogP contribution in [0.5, 0.6) is 0 Å². The Balaban J connectivity index is 1.42. The summed E-state index contributed by atoms with van der Waals surface area (Å²) in [4.78, 5) is 31.7. The fraction of sp³-hybridized carbons (Fsp3) is 0.136. The molecular weight excluding hydrogens is 405 g/mol. The molecule has 0 radical (unpaired) electrons. The van der Waals surface area contributed by atoms with Crippen LogP contribution in [0.2, 0.25) is 0 Å². The second-order valence-electron chi connectivity index (χ2n) is 6.85. The molecule has 2 aromatic heterocycles. The summed E-state index contributed by atoms with van der Waals surface area (Å²) >= 11 is 1.35. The average Bonchev–Trinajstić information content (AvgIpc) is 3.35. The summed E-state index contributed by atoms with van der Waals surface area (Å²) in [5, 5.41) is 15.5. The minimum Gasteiger partial charge on any atom is -0.480 e. The number of nitrogens with one attached hydrogen (secondary N) is 2. The first-order valence-electron chi connectivity index (χ1n) is 9.27. The number of thiazole rings is 1. The zero-order chi connectivity index (χ0) is 21.1. The van der Waals surface area contributed by atoms with Gasteiger partial charge in [-0.25, -0.2) is 14.2 Å². The Morgan fingerprint density at radius 3 is 2.70 bits per heavy atom. The molecule has 0 aliphatic heterocycles. The largest absolute Gasteiger partial charge is 0.480 e. The molecule has 0 saturated heterocycles. The Kier molecular flexibility index (Phi) is 5.58. The molecule has 152 valence electrons. The van der Waals surface area contributed by atoms with E-state index in [1.165, 1.54) is 23.5 Å². The fourth-order valence-corrected chi connectivity index (χ4v) is 4.07. The van der Waals surface area contributed by atoms with Crippen molar-refractivity contribution >= 4 is 34.1 Å². The van der Waals surface area contributed by atoms with Crippen LogP contribution < -0.4 is 5.32 Å². The molecule has 0 aliphatic carbocycles. The van der Waals surface area contributed by atoms with Crippen LogP contribution in [0.15, 0.2) is 60.1 Å². The molecule has 0 fully saturated rings. The number of hydrogen-bond donors (Lipinski definition) is 3. The van der Waals surface area contributed by atoms with Gasteiger partial charge >= 0.3 is 5.97 Å². The third-order valence-electron chi connectivity index (χ3n) is 4.72. The van der Waals surface area contributed by atoms with E-state index in [1.807, 2.05) is 24.3 Å². The Morgan fingerprint density at radius 1 is 1.17 bits per heavy atom. The Morgan fingerprint density at radius 2 is 1.93 bits per heavy atom. The molecule has 30 heavy (non-hydrogen) atoms. The average molecular weight is 423 g/mol. The van der Waals surface area contributed by atoms with Gasteiger partial charge in [-0.05, 0) is 35.9 Å². The van der Waals surface area contributed by atoms with Crippen molar-refractivity contribution < 1.29 is 19.1 Å². The summed E-state index contributed by atoms with van der Waals surface area (Å²) in [6.07, 6.45) is 1.90. The SMILES string of the molecule is O=C(Cc1csc(-c2ccc(F)cc2)n1)NC(Cc1c[nH]c2ccccc12)C(=O)O. The van der Waals surface area contributed by atoms with Crippen molar-refractivity contribution in [2.45, 2.75) is 18.9 Å². The number of aromatic amines is 1. The lowest BCUT2D eigenvalue weighted by Crippen LogP contribution is -2.43. The van der Waals surface area contributed by atoms with E-state index >= 15 is 0 Å². The lowest BCUT2D eigenvalue weighted by molar-refractivity contribution is -0.141. The molecular formula is C22H18FN3O3S. The molecule has 4 rings (SSSR count). The van der Waals surface area contributed by atoms with Gasteiger partial charge in [0, 0.05) is 34.5 Å². The fourth-order valence-electron chi connectivity index (χ4n) is 3.24. The van der Waals surface area contributed by atoms with Gasteiger partial charge < -0.3 is 15.4 Å². The van der Waals surface area contributed by atoms with Crippen molar-refractivity contribution in [2.75, 3.05) is 0 Å². The predicted molar refractivity (Wildman–Crippen MR) is 113 cm³/mol. The van der Waals surface area contributed by atoms with E-state index in [0.29, 0.717) is 10.7 Å². The Hall–Kier alpha value is -3.52. The van der Waals surface area contributed by atoms with Crippen LogP contribution in [0.25, 0.3) is 21.5 Å². The number of carboxylic acid groups (broad SMARTS) is 1. The van der Waals surface area contributed by atoms with Crippen molar-refractivity contribution in [3.63, 3.8) is 0 Å². The molecule has 0 aliphatic rings. The monoisotopic (exact) mass is 423 g/mol. The first-order chi connectivity index (χ1) is 14.5. The number of rotatable bonds is 7. The van der Waals surface area contributed by atoms with Gasteiger partial charge in [-0.2, -0.15) is 0 Å². The maximum atomic E-state index is 13.1. The summed E-state index contributed by atoms with van der Waals surface area (Å²) in [7, 11) is 0. The smallest absolute Gasteiger partial charge is 0.326 e. The van der Waals surface area contributed by atoms with Crippen LogP contribution in [0.4, 0.5) is 4.39 Å². The van der Waals surface area contributed by atoms with Crippen LogP contribution >= 0.6 is 11.3 Å². The molecule has 6 nitrogen and oxygen atoms in total. The molecule has 4 aromatic rings. The van der Waals surface area contributed by atoms with Crippen molar-refractivity contribution in [2.24, 2.45) is 0 Å². The number of para-hydroxylation sites is 1. The quantitative estimate of drug-likeness (QED) is 0.422. The van der Waals surface area contributed by atoms with Gasteiger partial charge in [0.15, 0.2) is 0 Å². The van der Waals surface area contributed by atoms with Gasteiger partial charge in [-0.3, -0.25) is 4.79 Å². The molecule has 2 aromatic carbocycles. The predicted octanol–water partition coefficient (Wildman–Crippen LogP) is 3.79. The number of benzene rings is 2. The van der Waals surface area contributed by atoms with E-state index in [1.54, 1.807) is 23.7 Å². The number of carbonyl (C=O) groups is 2. The van der Waals surface area contributed by atoms with E-state index in [0.717, 1.165) is 22.0 Å². The normalized spacial score (nSPS) is 12.0. The van der Waals surface area contributed by atoms with Gasteiger partial charge in [0.1, 0.15) is 16.9 Å². The lowest BCUT2D eigenvalue weighted by Gasteiger charge is -2.14. The minimum atomic E-state index is -1.10. The highest BCUT2D eigenvalue weighted by molar-refractivity contribution is 7.13. The van der Waals surface area contributed by atoms with Gasteiger partial charge in [0.05, 0.1) is 12.1 Å². The van der Waals surface area contributed by atoms with Crippen molar-refractivity contribution in [1.82, 2.24) is 15.3 Å². The Bertz CT molecular complexity index is 1200. The van der Waals surface area contributed by atoms with Gasteiger partial charge in [-0.15, -0.1) is 11.3 Å². The second kappa shape index (κ2) is 8.46. The number of aliphatic carboxylic acids is 1. The van der Waals surface area contributed by atoms with Crippen LogP contribution in [-0.2, 0) is 22.4 Å². The second-order valence-corrected chi connectivity index (χ2v) is 7.71. The maximum Gasteiger partial charge on any atom is 0.326 e. The molecule has 1 atom stereocenters. The van der Waals surface area contributed by atoms with E-state index in [2.05, 4.69) is 15.3 Å². The number of carboxylic acids is 1. The van der Waals surface area contributed by atoms with Gasteiger partial charge in [0.25, 0.3) is 0 Å². The maximum absolute atomic E-state index is 13.1. The first kappa shape index (κ1) is 19.8. The lowest BCUT2D eigenvalue weighted by atomic mass is 10.0. The number of amides is 1. The van der Waals surface area contributed by atoms with Crippen LogP contribution in [0, 0.1) is 5.82 Å². The first-order valence-corrected chi connectivity index (χ1v) is 10.1. The number of carbonyl (C=O) groups excluding carboxylic acids is 1. The van der Waals surface area contributed by atoms with Crippen molar-refractivity contribution in [3.8, 4) is 10.6 Å². The number of hydrogen-bond acceptors (Lipinski definition) is 4. The third kappa shape index (κ3) is 4.38. The minimum absolute atomic E-state index is 0.0324. The van der Waals surface area contributed by atoms with Crippen LogP contribution in [0.1, 0.15) is 11.3 Å². The van der Waals surface area contributed by atoms with E-state index in [9.17, 15) is 19.1 Å². The summed E-state index contributed by atoms with van der Waals surface area (Å²) in [6, 6.07) is 12.5. The molecule has 2 heterocycles. The molecule has 8 heteroatoms. The number of H-pyrrole nitrogens is 1.